The normalized spacial score (nSPS) is 20.9. The maximum Gasteiger partial charge on any atom is 0.318 e. The van der Waals surface area contributed by atoms with Gasteiger partial charge in [0.05, 0.1) is 6.04 Å². The van der Waals surface area contributed by atoms with Crippen LogP contribution in [-0.4, -0.2) is 30.1 Å². The standard InChI is InChI=1S/C13H18BrN3O/c1-9(5-6-15)17-8-12(16-13(17)18)10-3-2-4-11(14)7-10/h2-4,7,9,12H,5-6,8,15H2,1H3,(H,16,18). The predicted molar refractivity (Wildman–Crippen MR) is 75.3 cm³/mol. The van der Waals surface area contributed by atoms with Crippen molar-refractivity contribution in [3.8, 4) is 0 Å². The fraction of sp³-hybridized carbons (Fsp3) is 0.462. The number of nitrogens with zero attached hydrogens (tertiary/aromatic N) is 1. The Hall–Kier alpha value is -1.07. The summed E-state index contributed by atoms with van der Waals surface area (Å²) in [5, 5.41) is 3.01. The Morgan fingerprint density at radius 1 is 1.61 bits per heavy atom. The number of benzene rings is 1. The minimum absolute atomic E-state index is 0.000857. The van der Waals surface area contributed by atoms with Crippen LogP contribution in [0.3, 0.4) is 0 Å². The van der Waals surface area contributed by atoms with Crippen LogP contribution in [-0.2, 0) is 0 Å². The minimum Gasteiger partial charge on any atom is -0.330 e. The highest BCUT2D eigenvalue weighted by Gasteiger charge is 2.32. The first-order chi connectivity index (χ1) is 8.61. The fourth-order valence-corrected chi connectivity index (χ4v) is 2.66. The molecule has 1 heterocycles. The molecule has 4 nitrogen and oxygen atoms in total. The first-order valence-corrected chi connectivity index (χ1v) is 6.93. The quantitative estimate of drug-likeness (QED) is 0.896. The van der Waals surface area contributed by atoms with Crippen molar-refractivity contribution >= 4 is 22.0 Å². The van der Waals surface area contributed by atoms with Gasteiger partial charge in [0.1, 0.15) is 0 Å². The average molecular weight is 312 g/mol. The lowest BCUT2D eigenvalue weighted by Crippen LogP contribution is -2.37. The Morgan fingerprint density at radius 3 is 3.06 bits per heavy atom. The summed E-state index contributed by atoms with van der Waals surface area (Å²) in [6.45, 7) is 3.35. The monoisotopic (exact) mass is 311 g/mol. The zero-order chi connectivity index (χ0) is 13.1. The zero-order valence-electron chi connectivity index (χ0n) is 10.4. The molecule has 0 radical (unpaired) electrons. The molecule has 1 saturated heterocycles. The molecule has 98 valence electrons. The van der Waals surface area contributed by atoms with E-state index >= 15 is 0 Å². The van der Waals surface area contributed by atoms with Gasteiger partial charge in [-0.25, -0.2) is 4.79 Å². The number of nitrogens with two attached hydrogens (primary N) is 1. The summed E-state index contributed by atoms with van der Waals surface area (Å²) in [4.78, 5) is 13.8. The first kappa shape index (κ1) is 13.4. The number of halogens is 1. The molecule has 2 unspecified atom stereocenters. The number of carbonyl (C=O) groups is 1. The maximum absolute atomic E-state index is 11.9. The third-order valence-electron chi connectivity index (χ3n) is 3.31. The second-order valence-electron chi connectivity index (χ2n) is 4.64. The van der Waals surface area contributed by atoms with Gasteiger partial charge >= 0.3 is 6.03 Å². The van der Waals surface area contributed by atoms with Crippen molar-refractivity contribution < 1.29 is 4.79 Å². The molecule has 1 aliphatic rings. The van der Waals surface area contributed by atoms with Gasteiger partial charge in [-0.15, -0.1) is 0 Å². The van der Waals surface area contributed by atoms with Crippen LogP contribution in [0.5, 0.6) is 0 Å². The molecule has 0 spiro atoms. The van der Waals surface area contributed by atoms with Crippen molar-refractivity contribution in [1.82, 2.24) is 10.2 Å². The maximum atomic E-state index is 11.9. The highest BCUT2D eigenvalue weighted by Crippen LogP contribution is 2.24. The van der Waals surface area contributed by atoms with E-state index in [1.807, 2.05) is 36.1 Å². The summed E-state index contributed by atoms with van der Waals surface area (Å²) in [7, 11) is 0. The summed E-state index contributed by atoms with van der Waals surface area (Å²) in [6, 6.07) is 8.30. The number of urea groups is 1. The topological polar surface area (TPSA) is 58.4 Å². The molecule has 0 aromatic heterocycles. The zero-order valence-corrected chi connectivity index (χ0v) is 12.0. The van der Waals surface area contributed by atoms with Gasteiger partial charge in [0, 0.05) is 17.1 Å². The van der Waals surface area contributed by atoms with Gasteiger partial charge in [0.25, 0.3) is 0 Å². The molecule has 1 aromatic carbocycles. The number of hydrogen-bond acceptors (Lipinski definition) is 2. The molecule has 5 heteroatoms. The highest BCUT2D eigenvalue weighted by atomic mass is 79.9. The molecule has 18 heavy (non-hydrogen) atoms. The second kappa shape index (κ2) is 5.71. The van der Waals surface area contributed by atoms with Crippen LogP contribution in [0.2, 0.25) is 0 Å². The van der Waals surface area contributed by atoms with E-state index in [-0.39, 0.29) is 18.1 Å². The molecule has 0 bridgehead atoms. The molecule has 2 atom stereocenters. The van der Waals surface area contributed by atoms with Crippen molar-refractivity contribution in [2.24, 2.45) is 5.73 Å². The van der Waals surface area contributed by atoms with Crippen molar-refractivity contribution in [1.29, 1.82) is 0 Å². The van der Waals surface area contributed by atoms with Crippen LogP contribution < -0.4 is 11.1 Å². The van der Waals surface area contributed by atoms with Crippen molar-refractivity contribution in [2.75, 3.05) is 13.1 Å². The van der Waals surface area contributed by atoms with Crippen molar-refractivity contribution in [2.45, 2.75) is 25.4 Å². The first-order valence-electron chi connectivity index (χ1n) is 6.14. The summed E-state index contributed by atoms with van der Waals surface area (Å²) in [5.41, 5.74) is 6.67. The van der Waals surface area contributed by atoms with Crippen molar-refractivity contribution in [3.63, 3.8) is 0 Å². The third kappa shape index (κ3) is 2.84. The fourth-order valence-electron chi connectivity index (χ4n) is 2.25. The molecule has 0 saturated carbocycles. The summed E-state index contributed by atoms with van der Waals surface area (Å²) in [5.74, 6) is 0. The van der Waals surface area contributed by atoms with Gasteiger partial charge in [0.15, 0.2) is 0 Å². The molecule has 2 rings (SSSR count). The van der Waals surface area contributed by atoms with Gasteiger partial charge in [-0.2, -0.15) is 0 Å². The molecule has 3 N–H and O–H groups in total. The van der Waals surface area contributed by atoms with Crippen LogP contribution >= 0.6 is 15.9 Å². The number of nitrogens with one attached hydrogen (secondary N) is 1. The van der Waals surface area contributed by atoms with E-state index in [0.29, 0.717) is 13.1 Å². The molecular weight excluding hydrogens is 294 g/mol. The Kier molecular flexibility index (Phi) is 4.24. The molecule has 1 fully saturated rings. The Bertz CT molecular complexity index is 438. The van der Waals surface area contributed by atoms with Gasteiger partial charge in [0.2, 0.25) is 0 Å². The van der Waals surface area contributed by atoms with Gasteiger partial charge in [-0.05, 0) is 37.6 Å². The van der Waals surface area contributed by atoms with Gasteiger partial charge < -0.3 is 16.0 Å². The van der Waals surface area contributed by atoms with E-state index in [0.717, 1.165) is 16.5 Å². The van der Waals surface area contributed by atoms with E-state index < -0.39 is 0 Å². The molecule has 0 aliphatic carbocycles. The van der Waals surface area contributed by atoms with Gasteiger partial charge in [-0.3, -0.25) is 0 Å². The number of amides is 2. The smallest absolute Gasteiger partial charge is 0.318 e. The Balaban J connectivity index is 2.08. The average Bonchev–Trinajstić information content (AvgIpc) is 2.72. The van der Waals surface area contributed by atoms with Crippen LogP contribution in [0.25, 0.3) is 0 Å². The number of carbonyl (C=O) groups excluding carboxylic acids is 1. The second-order valence-corrected chi connectivity index (χ2v) is 5.55. The van der Waals surface area contributed by atoms with E-state index in [1.54, 1.807) is 0 Å². The molecule has 1 aromatic rings. The summed E-state index contributed by atoms with van der Waals surface area (Å²) in [6.07, 6.45) is 0.832. The van der Waals surface area contributed by atoms with Crippen LogP contribution in [0.15, 0.2) is 28.7 Å². The van der Waals surface area contributed by atoms with E-state index in [1.165, 1.54) is 0 Å². The Morgan fingerprint density at radius 2 is 2.39 bits per heavy atom. The van der Waals surface area contributed by atoms with Crippen LogP contribution in [0, 0.1) is 0 Å². The summed E-state index contributed by atoms with van der Waals surface area (Å²) >= 11 is 3.45. The molecular formula is C13H18BrN3O. The number of rotatable bonds is 4. The molecule has 2 amide bonds. The van der Waals surface area contributed by atoms with E-state index in [2.05, 4.69) is 21.2 Å². The number of hydrogen-bond donors (Lipinski definition) is 2. The largest absolute Gasteiger partial charge is 0.330 e. The lowest BCUT2D eigenvalue weighted by molar-refractivity contribution is 0.199. The van der Waals surface area contributed by atoms with Gasteiger partial charge in [-0.1, -0.05) is 28.1 Å². The highest BCUT2D eigenvalue weighted by molar-refractivity contribution is 9.10. The predicted octanol–water partition coefficient (Wildman–Crippen LogP) is 2.25. The molecule has 1 aliphatic heterocycles. The van der Waals surface area contributed by atoms with Crippen LogP contribution in [0.1, 0.15) is 24.9 Å². The minimum atomic E-state index is 0.000857. The van der Waals surface area contributed by atoms with Crippen molar-refractivity contribution in [3.05, 3.63) is 34.3 Å². The van der Waals surface area contributed by atoms with Crippen LogP contribution in [0.4, 0.5) is 4.79 Å². The lowest BCUT2D eigenvalue weighted by atomic mass is 10.1. The lowest BCUT2D eigenvalue weighted by Gasteiger charge is -2.22. The SMILES string of the molecule is CC(CCN)N1CC(c2cccc(Br)c2)NC1=O. The van der Waals surface area contributed by atoms with E-state index in [4.69, 9.17) is 5.73 Å². The third-order valence-corrected chi connectivity index (χ3v) is 3.80. The summed E-state index contributed by atoms with van der Waals surface area (Å²) < 4.78 is 1.03. The van der Waals surface area contributed by atoms with E-state index in [9.17, 15) is 4.79 Å². The Labute approximate surface area is 116 Å².